The molecule has 0 amide bonds. The van der Waals surface area contributed by atoms with Crippen molar-refractivity contribution in [3.05, 3.63) is 39.4 Å². The molecule has 4 nitrogen and oxygen atoms in total. The minimum absolute atomic E-state index is 0.121. The lowest BCUT2D eigenvalue weighted by Crippen LogP contribution is -2.33. The highest BCUT2D eigenvalue weighted by atomic mass is 32.2. The van der Waals surface area contributed by atoms with Gasteiger partial charge in [-0.15, -0.1) is 11.3 Å². The second-order valence-electron chi connectivity index (χ2n) is 4.91. The molecule has 0 bridgehead atoms. The summed E-state index contributed by atoms with van der Waals surface area (Å²) in [7, 11) is -3.42. The zero-order chi connectivity index (χ0) is 15.3. The van der Waals surface area contributed by atoms with Gasteiger partial charge in [-0.3, -0.25) is 0 Å². The first-order valence-electron chi connectivity index (χ1n) is 6.83. The Kier molecular flexibility index (Phi) is 5.95. The van der Waals surface area contributed by atoms with Crippen LogP contribution in [-0.4, -0.2) is 21.0 Å². The van der Waals surface area contributed by atoms with Gasteiger partial charge in [0.25, 0.3) is 0 Å². The quantitative estimate of drug-likeness (QED) is 0.774. The summed E-state index contributed by atoms with van der Waals surface area (Å²) >= 11 is 2.89. The van der Waals surface area contributed by atoms with E-state index >= 15 is 0 Å². The number of thiophene rings is 2. The van der Waals surface area contributed by atoms with Crippen LogP contribution in [0.5, 0.6) is 0 Å². The first-order valence-corrected chi connectivity index (χ1v) is 10.1. The van der Waals surface area contributed by atoms with Crippen molar-refractivity contribution in [3.63, 3.8) is 0 Å². The lowest BCUT2D eigenvalue weighted by molar-refractivity contribution is 0.562. The maximum atomic E-state index is 12.3. The van der Waals surface area contributed by atoms with Crippen molar-refractivity contribution in [3.8, 4) is 0 Å². The van der Waals surface area contributed by atoms with Crippen molar-refractivity contribution in [1.29, 1.82) is 0 Å². The van der Waals surface area contributed by atoms with Crippen LogP contribution in [0.25, 0.3) is 0 Å². The van der Waals surface area contributed by atoms with Gasteiger partial charge in [0.1, 0.15) is 4.21 Å². The lowest BCUT2D eigenvalue weighted by atomic mass is 10.1. The fourth-order valence-electron chi connectivity index (χ4n) is 1.98. The first kappa shape index (κ1) is 16.6. The highest BCUT2D eigenvalue weighted by Gasteiger charge is 2.19. The SMILES string of the molecule is CCNCc1csc(S(=O)(=O)NC(C)Cc2ccsc2)c1. The molecule has 21 heavy (non-hydrogen) atoms. The molecule has 1 unspecified atom stereocenters. The summed E-state index contributed by atoms with van der Waals surface area (Å²) < 4.78 is 27.8. The second-order valence-corrected chi connectivity index (χ2v) is 8.54. The number of hydrogen-bond donors (Lipinski definition) is 2. The molecule has 0 fully saturated rings. The molecule has 0 aliphatic heterocycles. The Bertz CT molecular complexity index is 648. The summed E-state index contributed by atoms with van der Waals surface area (Å²) in [6.45, 7) is 5.49. The zero-order valence-electron chi connectivity index (χ0n) is 12.1. The van der Waals surface area contributed by atoms with Crippen LogP contribution in [0.3, 0.4) is 0 Å². The van der Waals surface area contributed by atoms with Crippen molar-refractivity contribution < 1.29 is 8.42 Å². The van der Waals surface area contributed by atoms with Crippen LogP contribution in [0, 0.1) is 0 Å². The van der Waals surface area contributed by atoms with E-state index in [2.05, 4.69) is 10.0 Å². The minimum atomic E-state index is -3.42. The third-order valence-corrected chi connectivity index (χ3v) is 6.76. The normalized spacial score (nSPS) is 13.4. The standard InChI is InChI=1S/C14H20N2O2S3/c1-3-15-8-13-7-14(20-10-13)21(17,18)16-11(2)6-12-4-5-19-9-12/h4-5,7,9-11,15-16H,3,6,8H2,1-2H3. The average Bonchev–Trinajstić information content (AvgIpc) is 3.06. The molecule has 7 heteroatoms. The van der Waals surface area contributed by atoms with Crippen molar-refractivity contribution >= 4 is 32.7 Å². The van der Waals surface area contributed by atoms with Gasteiger partial charge in [0.2, 0.25) is 10.0 Å². The third-order valence-electron chi connectivity index (χ3n) is 2.95. The fraction of sp³-hybridized carbons (Fsp3) is 0.429. The molecule has 0 aliphatic carbocycles. The Morgan fingerprint density at radius 2 is 2.10 bits per heavy atom. The zero-order valence-corrected chi connectivity index (χ0v) is 14.6. The molecule has 2 rings (SSSR count). The van der Waals surface area contributed by atoms with Crippen molar-refractivity contribution in [2.45, 2.75) is 37.1 Å². The lowest BCUT2D eigenvalue weighted by Gasteiger charge is -2.12. The van der Waals surface area contributed by atoms with Gasteiger partial charge >= 0.3 is 0 Å². The van der Waals surface area contributed by atoms with E-state index in [1.54, 1.807) is 17.4 Å². The highest BCUT2D eigenvalue weighted by Crippen LogP contribution is 2.21. The maximum Gasteiger partial charge on any atom is 0.250 e. The first-order chi connectivity index (χ1) is 10.0. The van der Waals surface area contributed by atoms with Crippen LogP contribution in [-0.2, 0) is 23.0 Å². The third kappa shape index (κ3) is 4.89. The van der Waals surface area contributed by atoms with E-state index in [0.29, 0.717) is 17.2 Å². The summed E-state index contributed by atoms with van der Waals surface area (Å²) in [5.41, 5.74) is 2.17. The Morgan fingerprint density at radius 1 is 1.29 bits per heavy atom. The Balaban J connectivity index is 1.98. The Labute approximate surface area is 134 Å². The predicted molar refractivity (Wildman–Crippen MR) is 89.5 cm³/mol. The maximum absolute atomic E-state index is 12.3. The van der Waals surface area contributed by atoms with Gasteiger partial charge in [-0.1, -0.05) is 6.92 Å². The number of sulfonamides is 1. The van der Waals surface area contributed by atoms with Crippen LogP contribution in [0.1, 0.15) is 25.0 Å². The summed E-state index contributed by atoms with van der Waals surface area (Å²) in [6.07, 6.45) is 0.707. The van der Waals surface area contributed by atoms with E-state index in [9.17, 15) is 8.42 Å². The van der Waals surface area contributed by atoms with E-state index in [1.807, 2.05) is 36.1 Å². The molecule has 0 radical (unpaired) electrons. The Morgan fingerprint density at radius 3 is 2.76 bits per heavy atom. The number of rotatable bonds is 8. The minimum Gasteiger partial charge on any atom is -0.313 e. The van der Waals surface area contributed by atoms with Crippen LogP contribution in [0.2, 0.25) is 0 Å². The molecule has 0 aromatic carbocycles. The van der Waals surface area contributed by atoms with E-state index in [0.717, 1.165) is 17.7 Å². The van der Waals surface area contributed by atoms with Gasteiger partial charge in [0.05, 0.1) is 0 Å². The highest BCUT2D eigenvalue weighted by molar-refractivity contribution is 7.91. The van der Waals surface area contributed by atoms with Crippen molar-refractivity contribution in [2.24, 2.45) is 0 Å². The topological polar surface area (TPSA) is 58.2 Å². The number of nitrogens with one attached hydrogen (secondary N) is 2. The fourth-order valence-corrected chi connectivity index (χ4v) is 5.13. The molecular weight excluding hydrogens is 324 g/mol. The summed E-state index contributed by atoms with van der Waals surface area (Å²) in [5.74, 6) is 0. The summed E-state index contributed by atoms with van der Waals surface area (Å²) in [4.78, 5) is 0. The largest absolute Gasteiger partial charge is 0.313 e. The van der Waals surface area contributed by atoms with Crippen molar-refractivity contribution in [2.75, 3.05) is 6.54 Å². The second kappa shape index (κ2) is 7.51. The molecule has 0 saturated carbocycles. The van der Waals surface area contributed by atoms with Crippen LogP contribution in [0.15, 0.2) is 32.5 Å². The molecule has 0 spiro atoms. The smallest absolute Gasteiger partial charge is 0.250 e. The average molecular weight is 345 g/mol. The molecule has 0 aliphatic rings. The predicted octanol–water partition coefficient (Wildman–Crippen LogP) is 2.83. The molecule has 2 heterocycles. The molecule has 1 atom stereocenters. The van der Waals surface area contributed by atoms with E-state index in [1.165, 1.54) is 11.3 Å². The van der Waals surface area contributed by atoms with Crippen LogP contribution in [0.4, 0.5) is 0 Å². The van der Waals surface area contributed by atoms with Gasteiger partial charge in [-0.05, 0) is 59.3 Å². The molecule has 116 valence electrons. The van der Waals surface area contributed by atoms with Gasteiger partial charge in [-0.2, -0.15) is 11.3 Å². The van der Waals surface area contributed by atoms with E-state index in [-0.39, 0.29) is 6.04 Å². The van der Waals surface area contributed by atoms with E-state index < -0.39 is 10.0 Å². The van der Waals surface area contributed by atoms with Crippen LogP contribution >= 0.6 is 22.7 Å². The van der Waals surface area contributed by atoms with Gasteiger partial charge in [0, 0.05) is 12.6 Å². The molecule has 0 saturated heterocycles. The summed E-state index contributed by atoms with van der Waals surface area (Å²) in [6, 6.07) is 3.64. The van der Waals surface area contributed by atoms with Crippen molar-refractivity contribution in [1.82, 2.24) is 10.0 Å². The van der Waals surface area contributed by atoms with Crippen LogP contribution < -0.4 is 10.0 Å². The number of hydrogen-bond acceptors (Lipinski definition) is 5. The van der Waals surface area contributed by atoms with Gasteiger partial charge < -0.3 is 5.32 Å². The van der Waals surface area contributed by atoms with Gasteiger partial charge in [0.15, 0.2) is 0 Å². The molecular formula is C14H20N2O2S3. The molecule has 2 aromatic heterocycles. The molecule has 2 N–H and O–H groups in total. The Hall–Kier alpha value is -0.730. The molecule has 2 aromatic rings. The summed E-state index contributed by atoms with van der Waals surface area (Å²) in [5, 5.41) is 9.13. The van der Waals surface area contributed by atoms with E-state index in [4.69, 9.17) is 0 Å². The van der Waals surface area contributed by atoms with Gasteiger partial charge in [-0.25, -0.2) is 13.1 Å². The monoisotopic (exact) mass is 344 g/mol.